The van der Waals surface area contributed by atoms with Crippen LogP contribution in [0, 0.1) is 0 Å². The number of hydrogen-bond donors (Lipinski definition) is 0. The summed E-state index contributed by atoms with van der Waals surface area (Å²) in [5.41, 5.74) is 0. The molecule has 0 radical (unpaired) electrons. The Labute approximate surface area is 41.1 Å². The van der Waals surface area contributed by atoms with Crippen LogP contribution in [0.15, 0.2) is 16.6 Å². The highest BCUT2D eigenvalue weighted by molar-refractivity contribution is 5.46. The van der Waals surface area contributed by atoms with Crippen LogP contribution in [0.25, 0.3) is 0 Å². The van der Waals surface area contributed by atoms with Gasteiger partial charge in [0.2, 0.25) is 6.08 Å². The summed E-state index contributed by atoms with van der Waals surface area (Å²) in [5.74, 6) is 2.20. The van der Waals surface area contributed by atoms with Crippen LogP contribution >= 0.6 is 0 Å². The zero-order chi connectivity index (χ0) is 5.54. The van der Waals surface area contributed by atoms with E-state index in [1.807, 2.05) is 0 Å². The van der Waals surface area contributed by atoms with Gasteiger partial charge in [-0.25, -0.2) is 9.79 Å². The Morgan fingerprint density at radius 2 is 2.29 bits per heavy atom. The molecule has 0 rings (SSSR count). The van der Waals surface area contributed by atoms with Gasteiger partial charge in [-0.2, -0.15) is 4.99 Å². The maximum Gasteiger partial charge on any atom is 0.236 e. The average molecular weight is 96.1 g/mol. The minimum absolute atomic E-state index is 0.0903. The number of hydrogen-bond acceptors (Lipinski definition) is 3. The van der Waals surface area contributed by atoms with E-state index in [9.17, 15) is 4.79 Å². The van der Waals surface area contributed by atoms with Gasteiger partial charge < -0.3 is 0 Å². The van der Waals surface area contributed by atoms with Gasteiger partial charge in [0, 0.05) is 0 Å². The maximum atomic E-state index is 9.28. The van der Waals surface area contributed by atoms with E-state index in [0.717, 1.165) is 0 Å². The van der Waals surface area contributed by atoms with Gasteiger partial charge in [-0.1, -0.05) is 0 Å². The van der Waals surface area contributed by atoms with E-state index in [0.29, 0.717) is 0 Å². The summed E-state index contributed by atoms with van der Waals surface area (Å²) in [6.07, 6.45) is 1.32. The van der Waals surface area contributed by atoms with Crippen LogP contribution in [0.2, 0.25) is 0 Å². The van der Waals surface area contributed by atoms with Gasteiger partial charge in [0.1, 0.15) is 0 Å². The summed E-state index contributed by atoms with van der Waals surface area (Å²) in [6.45, 7) is 3.24. The van der Waals surface area contributed by atoms with Gasteiger partial charge >= 0.3 is 0 Å². The predicted octanol–water partition coefficient (Wildman–Crippen LogP) is 0.135. The van der Waals surface area contributed by atoms with E-state index < -0.39 is 0 Å². The van der Waals surface area contributed by atoms with Crippen molar-refractivity contribution in [2.45, 2.75) is 0 Å². The zero-order valence-corrected chi connectivity index (χ0v) is 3.72. The minimum atomic E-state index is 0.0903. The maximum absolute atomic E-state index is 9.28. The summed E-state index contributed by atoms with van der Waals surface area (Å²) in [7, 11) is 0. The fourth-order valence-corrected chi connectivity index (χ4v) is 0.114. The first-order valence-electron chi connectivity index (χ1n) is 1.64. The Kier molecular flexibility index (Phi) is 4.02. The summed E-state index contributed by atoms with van der Waals surface area (Å²) >= 11 is 0. The second kappa shape index (κ2) is 4.83. The Morgan fingerprint density at radius 1 is 1.57 bits per heavy atom. The molecule has 0 spiro atoms. The summed E-state index contributed by atoms with van der Waals surface area (Å²) in [4.78, 5) is 15.7. The number of nitrogens with zero attached hydrogens (tertiary/aromatic N) is 2. The van der Waals surface area contributed by atoms with Crippen molar-refractivity contribution in [2.24, 2.45) is 9.98 Å². The molecule has 0 aromatic rings. The fourth-order valence-electron chi connectivity index (χ4n) is 0.114. The summed E-state index contributed by atoms with van der Waals surface area (Å²) < 4.78 is 0. The largest absolute Gasteiger partial charge is 0.236 e. The van der Waals surface area contributed by atoms with Crippen molar-refractivity contribution in [1.82, 2.24) is 0 Å². The highest BCUT2D eigenvalue weighted by atomic mass is 16.1. The molecule has 3 nitrogen and oxygen atoms in total. The minimum Gasteiger partial charge on any atom is -0.219 e. The second-order valence-electron chi connectivity index (χ2n) is 0.707. The molecule has 0 N–H and O–H groups in total. The van der Waals surface area contributed by atoms with Crippen molar-refractivity contribution in [3.63, 3.8) is 0 Å². The zero-order valence-electron chi connectivity index (χ0n) is 3.72. The quantitative estimate of drug-likeness (QED) is 0.356. The molecule has 0 fully saturated rings. The average Bonchev–Trinajstić information content (AvgIpc) is 1.69. The lowest BCUT2D eigenvalue weighted by atomic mass is 11.0. The third-order valence-electron chi connectivity index (χ3n) is 0.318. The van der Waals surface area contributed by atoms with Crippen molar-refractivity contribution in [2.75, 3.05) is 6.67 Å². The van der Waals surface area contributed by atoms with Gasteiger partial charge in [0.15, 0.2) is 6.67 Å². The third-order valence-corrected chi connectivity index (χ3v) is 0.318. The van der Waals surface area contributed by atoms with Crippen molar-refractivity contribution < 1.29 is 4.79 Å². The smallest absolute Gasteiger partial charge is 0.219 e. The van der Waals surface area contributed by atoms with Crippen LogP contribution in [-0.2, 0) is 4.79 Å². The van der Waals surface area contributed by atoms with Gasteiger partial charge in [0.25, 0.3) is 0 Å². The van der Waals surface area contributed by atoms with Gasteiger partial charge in [-0.05, 0) is 12.4 Å². The van der Waals surface area contributed by atoms with Crippen LogP contribution < -0.4 is 0 Å². The van der Waals surface area contributed by atoms with E-state index in [1.165, 1.54) is 6.08 Å². The number of isocyanates is 1. The molecule has 0 atom stereocenters. The molecule has 0 aromatic heterocycles. The molecule has 36 valence electrons. The van der Waals surface area contributed by atoms with Crippen LogP contribution in [0.1, 0.15) is 0 Å². The molecule has 0 aliphatic heterocycles. The van der Waals surface area contributed by atoms with E-state index in [-0.39, 0.29) is 6.67 Å². The lowest BCUT2D eigenvalue weighted by Crippen LogP contribution is -1.66. The Balaban J connectivity index is 3.33. The Hall–Kier alpha value is -1.17. The molecule has 0 amide bonds. The van der Waals surface area contributed by atoms with E-state index in [2.05, 4.69) is 22.4 Å². The molecule has 3 heteroatoms. The van der Waals surface area contributed by atoms with Crippen LogP contribution in [0.3, 0.4) is 0 Å². The summed E-state index contributed by atoms with van der Waals surface area (Å²) in [6, 6.07) is 0. The number of carbonyl (C=O) groups excluding carboxylic acids is 1. The van der Waals surface area contributed by atoms with Crippen LogP contribution in [-0.4, -0.2) is 18.6 Å². The predicted molar refractivity (Wildman–Crippen MR) is 26.1 cm³/mol. The topological polar surface area (TPSA) is 41.8 Å². The standard InChI is InChI=1S/C4H4N2O/c1-2-5-3-6-4-7/h1,3H2. The SMILES string of the molecule is C=C=NCN=C=O. The van der Waals surface area contributed by atoms with E-state index in [4.69, 9.17) is 0 Å². The lowest BCUT2D eigenvalue weighted by molar-refractivity contribution is 0.563. The van der Waals surface area contributed by atoms with E-state index in [1.54, 1.807) is 0 Å². The number of rotatable bonds is 2. The van der Waals surface area contributed by atoms with Crippen LogP contribution in [0.4, 0.5) is 0 Å². The van der Waals surface area contributed by atoms with Crippen LogP contribution in [0.5, 0.6) is 0 Å². The molecule has 0 aliphatic carbocycles. The molecule has 0 heterocycles. The Morgan fingerprint density at radius 3 is 2.71 bits per heavy atom. The monoisotopic (exact) mass is 96.0 g/mol. The summed E-state index contributed by atoms with van der Waals surface area (Å²) in [5, 5.41) is 0. The van der Waals surface area contributed by atoms with Crippen molar-refractivity contribution in [3.05, 3.63) is 6.58 Å². The first-order chi connectivity index (χ1) is 3.41. The first-order valence-corrected chi connectivity index (χ1v) is 1.64. The van der Waals surface area contributed by atoms with Crippen molar-refractivity contribution >= 4 is 11.9 Å². The van der Waals surface area contributed by atoms with Crippen molar-refractivity contribution in [3.8, 4) is 0 Å². The van der Waals surface area contributed by atoms with Gasteiger partial charge in [-0.15, -0.1) is 0 Å². The highest BCUT2D eigenvalue weighted by Gasteiger charge is 1.60. The fraction of sp³-hybridized carbons (Fsp3) is 0.250. The molecular formula is C4H4N2O. The lowest BCUT2D eigenvalue weighted by Gasteiger charge is -1.66. The molecule has 0 aromatic carbocycles. The van der Waals surface area contributed by atoms with Gasteiger partial charge in [0.05, 0.1) is 0 Å². The normalized spacial score (nSPS) is 5.71. The molecular weight excluding hydrogens is 92.1 g/mol. The second-order valence-corrected chi connectivity index (χ2v) is 0.707. The number of aliphatic imine (C=N–C) groups is 2. The molecule has 0 bridgehead atoms. The molecule has 0 saturated heterocycles. The van der Waals surface area contributed by atoms with Gasteiger partial charge in [-0.3, -0.25) is 0 Å². The first kappa shape index (κ1) is 5.83. The highest BCUT2D eigenvalue weighted by Crippen LogP contribution is 1.61. The molecule has 0 saturated carbocycles. The Bertz CT molecular complexity index is 113. The van der Waals surface area contributed by atoms with Crippen molar-refractivity contribution in [1.29, 1.82) is 0 Å². The molecule has 0 unspecified atom stereocenters. The third kappa shape index (κ3) is 4.83. The molecule has 7 heavy (non-hydrogen) atoms. The molecule has 0 aliphatic rings. The van der Waals surface area contributed by atoms with E-state index >= 15 is 0 Å².